The van der Waals surface area contributed by atoms with Crippen LogP contribution < -0.4 is 4.90 Å². The van der Waals surface area contributed by atoms with Crippen LogP contribution >= 0.6 is 0 Å². The molecule has 0 unspecified atom stereocenters. The number of hydrogen-bond acceptors (Lipinski definition) is 15. The predicted molar refractivity (Wildman–Crippen MR) is 206 cm³/mol. The smallest absolute Gasteiger partial charge is 0.340 e. The molecule has 0 amide bonds. The van der Waals surface area contributed by atoms with Crippen LogP contribution in [0.25, 0.3) is 0 Å². The van der Waals surface area contributed by atoms with Crippen LogP contribution in [-0.4, -0.2) is 136 Å². The third-order valence-electron chi connectivity index (χ3n) is 9.72. The summed E-state index contributed by atoms with van der Waals surface area (Å²) in [6, 6.07) is 12.7. The zero-order valence-corrected chi connectivity index (χ0v) is 32.9. The minimum Gasteiger partial charge on any atom is -0.507 e. The van der Waals surface area contributed by atoms with Crippen LogP contribution in [0.15, 0.2) is 42.5 Å². The van der Waals surface area contributed by atoms with Gasteiger partial charge in [0.2, 0.25) is 0 Å². The van der Waals surface area contributed by atoms with E-state index in [-0.39, 0.29) is 64.4 Å². The van der Waals surface area contributed by atoms with Crippen LogP contribution in [0.1, 0.15) is 49.3 Å². The maximum Gasteiger partial charge on any atom is 0.340 e. The Morgan fingerprint density at radius 2 is 0.789 bits per heavy atom. The molecule has 3 heterocycles. The molecule has 15 heteroatoms. The predicted octanol–water partition coefficient (Wildman–Crippen LogP) is 3.82. The molecule has 0 fully saturated rings. The second kappa shape index (κ2) is 21.8. The third-order valence-corrected chi connectivity index (χ3v) is 9.72. The Morgan fingerprint density at radius 1 is 0.474 bits per heavy atom. The van der Waals surface area contributed by atoms with Gasteiger partial charge in [0.15, 0.2) is 5.60 Å². The molecule has 0 atom stereocenters. The number of carbonyl (C=O) groups excluding carboxylic acids is 1. The Labute approximate surface area is 333 Å². The van der Waals surface area contributed by atoms with Gasteiger partial charge in [-0.15, -0.1) is 0 Å². The highest BCUT2D eigenvalue weighted by Crippen LogP contribution is 2.50. The van der Waals surface area contributed by atoms with Gasteiger partial charge in [0.05, 0.1) is 138 Å². The van der Waals surface area contributed by atoms with E-state index in [1.165, 1.54) is 0 Å². The molecule has 312 valence electrons. The van der Waals surface area contributed by atoms with E-state index in [1.807, 2.05) is 31.1 Å². The standard InChI is InChI=1S/C42H55NO14/c1-43(2)36-3-4-37-38(25-36)42(57-41(37)46,34-21-30-26-53-17-13-49-9-5-47-6-10-50-14-18-54-27-31(22-34)39(30)44)35-23-32-28-55-19-15-51-11-7-48-8-12-52-16-20-56-29-33(24-35)40(32)45/h3-4,21-25,44-45H,5-20,26-29H2,1-2H3. The highest BCUT2D eigenvalue weighted by molar-refractivity contribution is 5.97. The summed E-state index contributed by atoms with van der Waals surface area (Å²) in [6.07, 6.45) is 0. The SMILES string of the molecule is CN(C)c1ccc2c(c1)C(c1cc3c(O)c(c1)COCCOCCOCCOCCOC3)(c1cc3c(O)c(c1)COCCOCCOCCOCCOC3)OC2=O. The van der Waals surface area contributed by atoms with Crippen molar-refractivity contribution in [3.63, 3.8) is 0 Å². The van der Waals surface area contributed by atoms with Crippen molar-refractivity contribution in [3.05, 3.63) is 87.0 Å². The molecular weight excluding hydrogens is 742 g/mol. The number of phenolic OH excluding ortho intramolecular Hbond substituents is 2. The van der Waals surface area contributed by atoms with E-state index >= 15 is 0 Å². The molecule has 0 saturated heterocycles. The van der Waals surface area contributed by atoms with E-state index in [0.29, 0.717) is 124 Å². The number of nitrogens with zero attached hydrogens (tertiary/aromatic N) is 1. The zero-order valence-electron chi connectivity index (χ0n) is 32.9. The Bertz CT molecular complexity index is 1590. The van der Waals surface area contributed by atoms with Crippen molar-refractivity contribution < 1.29 is 67.1 Å². The molecule has 0 aliphatic carbocycles. The number of ether oxygens (including phenoxy) is 11. The van der Waals surface area contributed by atoms with Crippen LogP contribution in [0.5, 0.6) is 11.5 Å². The van der Waals surface area contributed by atoms with Crippen molar-refractivity contribution in [1.29, 1.82) is 0 Å². The van der Waals surface area contributed by atoms with E-state index < -0.39 is 11.6 Å². The number of cyclic esters (lactones) is 1. The second-order valence-electron chi connectivity index (χ2n) is 13.9. The molecule has 0 radical (unpaired) electrons. The summed E-state index contributed by atoms with van der Waals surface area (Å²) in [5.74, 6) is -0.523. The fourth-order valence-corrected chi connectivity index (χ4v) is 6.77. The normalized spacial score (nSPS) is 20.2. The molecule has 57 heavy (non-hydrogen) atoms. The van der Waals surface area contributed by atoms with Gasteiger partial charge in [0, 0.05) is 58.7 Å². The third kappa shape index (κ3) is 11.2. The monoisotopic (exact) mass is 797 g/mol. The average molecular weight is 798 g/mol. The lowest BCUT2D eigenvalue weighted by molar-refractivity contribution is -0.0149. The van der Waals surface area contributed by atoms with Gasteiger partial charge >= 0.3 is 5.97 Å². The molecule has 3 aliphatic heterocycles. The van der Waals surface area contributed by atoms with E-state index in [4.69, 9.17) is 52.1 Å². The number of esters is 1. The van der Waals surface area contributed by atoms with Gasteiger partial charge in [-0.05, 0) is 42.5 Å². The quantitative estimate of drug-likeness (QED) is 0.368. The number of anilines is 1. The molecule has 0 saturated carbocycles. The van der Waals surface area contributed by atoms with Crippen LogP contribution in [0.4, 0.5) is 5.69 Å². The first-order valence-electron chi connectivity index (χ1n) is 19.4. The van der Waals surface area contributed by atoms with Crippen molar-refractivity contribution in [2.45, 2.75) is 32.0 Å². The van der Waals surface area contributed by atoms with Crippen LogP contribution in [0.2, 0.25) is 0 Å². The number of rotatable bonds is 3. The van der Waals surface area contributed by atoms with Gasteiger partial charge in [-0.3, -0.25) is 0 Å². The van der Waals surface area contributed by atoms with E-state index in [1.54, 1.807) is 30.3 Å². The highest BCUT2D eigenvalue weighted by Gasteiger charge is 2.50. The van der Waals surface area contributed by atoms with Crippen molar-refractivity contribution in [3.8, 4) is 11.5 Å². The Kier molecular flexibility index (Phi) is 16.3. The lowest BCUT2D eigenvalue weighted by Crippen LogP contribution is -2.31. The van der Waals surface area contributed by atoms with Gasteiger partial charge < -0.3 is 67.2 Å². The Balaban J connectivity index is 1.47. The first kappa shape index (κ1) is 42.7. The van der Waals surface area contributed by atoms with Gasteiger partial charge in [-0.2, -0.15) is 0 Å². The first-order valence-corrected chi connectivity index (χ1v) is 19.4. The van der Waals surface area contributed by atoms with Gasteiger partial charge in [-0.25, -0.2) is 4.79 Å². The summed E-state index contributed by atoms with van der Waals surface area (Å²) in [4.78, 5) is 16.0. The summed E-state index contributed by atoms with van der Waals surface area (Å²) in [5, 5.41) is 23.3. The number of benzene rings is 3. The molecule has 3 aromatic carbocycles. The maximum absolute atomic E-state index is 14.0. The largest absolute Gasteiger partial charge is 0.507 e. The lowest BCUT2D eigenvalue weighted by atomic mass is 9.77. The summed E-state index contributed by atoms with van der Waals surface area (Å²) in [6.45, 7) is 5.87. The number of fused-ring (bicyclic) bond motifs is 5. The Hall–Kier alpha value is -3.87. The minimum absolute atomic E-state index is 0.00129. The van der Waals surface area contributed by atoms with Crippen LogP contribution in [0.3, 0.4) is 0 Å². The van der Waals surface area contributed by atoms with Crippen LogP contribution in [0, 0.1) is 0 Å². The fraction of sp³-hybridized carbons (Fsp3) is 0.548. The number of hydrogen-bond donors (Lipinski definition) is 2. The molecule has 6 rings (SSSR count). The van der Waals surface area contributed by atoms with E-state index in [9.17, 15) is 15.0 Å². The summed E-state index contributed by atoms with van der Waals surface area (Å²) >= 11 is 0. The van der Waals surface area contributed by atoms with Gasteiger partial charge in [0.25, 0.3) is 0 Å². The van der Waals surface area contributed by atoms with Crippen molar-refractivity contribution in [2.24, 2.45) is 0 Å². The number of phenols is 2. The molecule has 3 aliphatic rings. The summed E-state index contributed by atoms with van der Waals surface area (Å²) in [5.41, 5.74) is 3.19. The number of carbonyl (C=O) groups is 1. The summed E-state index contributed by atoms with van der Waals surface area (Å²) in [7, 11) is 3.84. The maximum atomic E-state index is 14.0. The van der Waals surface area contributed by atoms with E-state index in [0.717, 1.165) is 5.69 Å². The molecular formula is C42H55NO14. The lowest BCUT2D eigenvalue weighted by Gasteiger charge is -2.33. The first-order chi connectivity index (χ1) is 27.9. The summed E-state index contributed by atoms with van der Waals surface area (Å²) < 4.78 is 64.4. The Morgan fingerprint density at radius 3 is 1.11 bits per heavy atom. The molecule has 4 bridgehead atoms. The van der Waals surface area contributed by atoms with E-state index in [2.05, 4.69) is 0 Å². The topological polar surface area (TPSA) is 162 Å². The molecule has 15 nitrogen and oxygen atoms in total. The molecule has 2 N–H and O–H groups in total. The molecule has 0 aromatic heterocycles. The second-order valence-corrected chi connectivity index (χ2v) is 13.9. The highest BCUT2D eigenvalue weighted by atomic mass is 16.6. The zero-order chi connectivity index (χ0) is 39.9. The van der Waals surface area contributed by atoms with Crippen molar-refractivity contribution in [2.75, 3.05) is 125 Å². The van der Waals surface area contributed by atoms with Crippen LogP contribution in [-0.2, 0) is 84.1 Å². The number of aromatic hydroxyl groups is 2. The van der Waals surface area contributed by atoms with Crippen molar-refractivity contribution >= 4 is 11.7 Å². The van der Waals surface area contributed by atoms with Gasteiger partial charge in [0.1, 0.15) is 11.5 Å². The average Bonchev–Trinajstić information content (AvgIpc) is 3.51. The van der Waals surface area contributed by atoms with Crippen molar-refractivity contribution in [1.82, 2.24) is 0 Å². The molecule has 3 aromatic rings. The minimum atomic E-state index is -1.56. The fourth-order valence-electron chi connectivity index (χ4n) is 6.77. The van der Waals surface area contributed by atoms with Gasteiger partial charge in [-0.1, -0.05) is 0 Å². The molecule has 0 spiro atoms.